The zero-order valence-corrected chi connectivity index (χ0v) is 14.4. The number of aliphatic carboxylic acids is 1. The molecule has 2 aromatic carbocycles. The Morgan fingerprint density at radius 1 is 1.14 bits per heavy atom. The molecule has 0 unspecified atom stereocenters. The van der Waals surface area contributed by atoms with Crippen molar-refractivity contribution >= 4 is 23.3 Å². The number of benzene rings is 2. The number of carboxylic acids is 1. The molecule has 0 saturated heterocycles. The number of nitrogens with zero attached hydrogens (tertiary/aromatic N) is 1. The molecule has 0 N–H and O–H groups in total. The summed E-state index contributed by atoms with van der Waals surface area (Å²) in [6, 6.07) is 10.7. The first-order valence-electron chi connectivity index (χ1n) is 5.87. The van der Waals surface area contributed by atoms with Crippen molar-refractivity contribution in [1.29, 1.82) is 0 Å². The second kappa shape index (κ2) is 8.14. The molecule has 0 aliphatic heterocycles. The van der Waals surface area contributed by atoms with Crippen LogP contribution in [0.4, 0.5) is 5.69 Å². The zero-order valence-electron chi connectivity index (χ0n) is 11.6. The van der Waals surface area contributed by atoms with E-state index in [1.165, 1.54) is 18.2 Å². The van der Waals surface area contributed by atoms with Gasteiger partial charge in [0.15, 0.2) is 0 Å². The van der Waals surface area contributed by atoms with Crippen molar-refractivity contribution in [2.24, 2.45) is 0 Å². The molecule has 0 aliphatic rings. The molecule has 0 aliphatic carbocycles. The molecular formula is C14H9ClNNaO5. The fourth-order valence-electron chi connectivity index (χ4n) is 1.80. The maximum Gasteiger partial charge on any atom is 1.00 e. The Labute approximate surface area is 153 Å². The number of nitro benzene ring substituents is 1. The average Bonchev–Trinajstić information content (AvgIpc) is 2.40. The van der Waals surface area contributed by atoms with E-state index in [0.717, 1.165) is 0 Å². The Balaban J connectivity index is 0.00000242. The van der Waals surface area contributed by atoms with Gasteiger partial charge in [0.1, 0.15) is 5.75 Å². The minimum Gasteiger partial charge on any atom is -0.550 e. The average molecular weight is 330 g/mol. The summed E-state index contributed by atoms with van der Waals surface area (Å²) in [5.74, 6) is -1.24. The molecule has 8 heteroatoms. The molecule has 22 heavy (non-hydrogen) atoms. The van der Waals surface area contributed by atoms with Gasteiger partial charge in [0.25, 0.3) is 0 Å². The van der Waals surface area contributed by atoms with Crippen LogP contribution in [0.3, 0.4) is 0 Å². The quantitative estimate of drug-likeness (QED) is 0.412. The number of halogens is 1. The van der Waals surface area contributed by atoms with Gasteiger partial charge in [0.05, 0.1) is 9.95 Å². The Bertz CT molecular complexity index is 707. The first-order valence-corrected chi connectivity index (χ1v) is 6.25. The number of nitro groups is 1. The number of carbonyl (C=O) groups is 1. The molecule has 0 radical (unpaired) electrons. The summed E-state index contributed by atoms with van der Waals surface area (Å²) in [5, 5.41) is 22.1. The number of ether oxygens (including phenoxy) is 1. The zero-order chi connectivity index (χ0) is 15.4. The van der Waals surface area contributed by atoms with E-state index < -0.39 is 23.0 Å². The Morgan fingerprint density at radius 2 is 1.77 bits per heavy atom. The molecule has 2 rings (SSSR count). The third-order valence-corrected chi connectivity index (χ3v) is 2.97. The van der Waals surface area contributed by atoms with E-state index in [0.29, 0.717) is 0 Å². The largest absolute Gasteiger partial charge is 1.00 e. The van der Waals surface area contributed by atoms with Gasteiger partial charge in [0.2, 0.25) is 5.75 Å². The molecule has 0 aromatic heterocycles. The standard InChI is InChI=1S/C14H10ClNO5.Na/c15-10-5-1-2-6-11(10)21-12-7-3-4-9(8-13(17)18)14(12)16(19)20;/h1-7H,8H2,(H,17,18);/q;+1/p-1. The van der Waals surface area contributed by atoms with Crippen LogP contribution in [0.5, 0.6) is 11.5 Å². The molecule has 0 amide bonds. The second-order valence-corrected chi connectivity index (χ2v) is 4.51. The molecule has 0 heterocycles. The minimum atomic E-state index is -1.41. The maximum absolute atomic E-state index is 11.2. The fraction of sp³-hybridized carbons (Fsp3) is 0.0714. The summed E-state index contributed by atoms with van der Waals surface area (Å²) in [4.78, 5) is 21.2. The first-order chi connectivity index (χ1) is 9.99. The first kappa shape index (κ1) is 18.4. The van der Waals surface area contributed by atoms with Crippen LogP contribution >= 0.6 is 11.6 Å². The summed E-state index contributed by atoms with van der Waals surface area (Å²) in [7, 11) is 0. The van der Waals surface area contributed by atoms with E-state index >= 15 is 0 Å². The van der Waals surface area contributed by atoms with Crippen LogP contribution in [-0.2, 0) is 11.2 Å². The van der Waals surface area contributed by atoms with Gasteiger partial charge in [-0.1, -0.05) is 35.9 Å². The van der Waals surface area contributed by atoms with Crippen LogP contribution < -0.4 is 39.4 Å². The van der Waals surface area contributed by atoms with Crippen LogP contribution in [0.2, 0.25) is 5.02 Å². The van der Waals surface area contributed by atoms with Crippen molar-refractivity contribution in [3.63, 3.8) is 0 Å². The van der Waals surface area contributed by atoms with Crippen LogP contribution in [0, 0.1) is 10.1 Å². The van der Waals surface area contributed by atoms with Crippen molar-refractivity contribution in [1.82, 2.24) is 0 Å². The van der Waals surface area contributed by atoms with E-state index in [9.17, 15) is 20.0 Å². The number of hydrogen-bond acceptors (Lipinski definition) is 5. The maximum atomic E-state index is 11.2. The van der Waals surface area contributed by atoms with E-state index in [-0.39, 0.29) is 51.6 Å². The van der Waals surface area contributed by atoms with Crippen molar-refractivity contribution in [3.8, 4) is 11.5 Å². The van der Waals surface area contributed by atoms with Crippen LogP contribution in [-0.4, -0.2) is 10.9 Å². The predicted octanol–water partition coefficient (Wildman–Crippen LogP) is -0.663. The molecule has 0 spiro atoms. The minimum absolute atomic E-state index is 0. The predicted molar refractivity (Wildman–Crippen MR) is 73.3 cm³/mol. The summed E-state index contributed by atoms with van der Waals surface area (Å²) >= 11 is 5.93. The second-order valence-electron chi connectivity index (χ2n) is 4.10. The number of rotatable bonds is 5. The van der Waals surface area contributed by atoms with Gasteiger partial charge >= 0.3 is 35.2 Å². The van der Waals surface area contributed by atoms with E-state index in [1.807, 2.05) is 0 Å². The van der Waals surface area contributed by atoms with Gasteiger partial charge < -0.3 is 14.6 Å². The van der Waals surface area contributed by atoms with Crippen molar-refractivity contribution in [2.75, 3.05) is 0 Å². The van der Waals surface area contributed by atoms with E-state index in [2.05, 4.69) is 0 Å². The van der Waals surface area contributed by atoms with Crippen LogP contribution in [0.1, 0.15) is 5.56 Å². The van der Waals surface area contributed by atoms with E-state index in [1.54, 1.807) is 24.3 Å². The monoisotopic (exact) mass is 329 g/mol. The van der Waals surface area contributed by atoms with Gasteiger partial charge in [0, 0.05) is 18.0 Å². The molecule has 2 aromatic rings. The van der Waals surface area contributed by atoms with Gasteiger partial charge in [-0.25, -0.2) is 0 Å². The molecule has 6 nitrogen and oxygen atoms in total. The number of carbonyl (C=O) groups excluding carboxylic acids is 1. The number of carboxylic acid groups (broad SMARTS) is 1. The summed E-state index contributed by atoms with van der Waals surface area (Å²) in [5.41, 5.74) is -0.411. The van der Waals surface area contributed by atoms with Gasteiger partial charge in [-0.15, -0.1) is 0 Å². The number of para-hydroxylation sites is 2. The van der Waals surface area contributed by atoms with Crippen LogP contribution in [0.15, 0.2) is 42.5 Å². The molecule has 108 valence electrons. The van der Waals surface area contributed by atoms with Crippen molar-refractivity contribution < 1.29 is 49.1 Å². The smallest absolute Gasteiger partial charge is 0.550 e. The molecule has 0 fully saturated rings. The molecule has 0 atom stereocenters. The van der Waals surface area contributed by atoms with Gasteiger partial charge in [-0.2, -0.15) is 0 Å². The van der Waals surface area contributed by atoms with Gasteiger partial charge in [-0.05, 0) is 18.2 Å². The Morgan fingerprint density at radius 3 is 2.36 bits per heavy atom. The number of hydrogen-bond donors (Lipinski definition) is 0. The van der Waals surface area contributed by atoms with Crippen molar-refractivity contribution in [3.05, 3.63) is 63.2 Å². The Kier molecular flexibility index (Phi) is 6.83. The van der Waals surface area contributed by atoms with Gasteiger partial charge in [-0.3, -0.25) is 10.1 Å². The molecule has 0 bridgehead atoms. The van der Waals surface area contributed by atoms with E-state index in [4.69, 9.17) is 16.3 Å². The van der Waals surface area contributed by atoms with Crippen LogP contribution in [0.25, 0.3) is 0 Å². The van der Waals surface area contributed by atoms with Crippen molar-refractivity contribution in [2.45, 2.75) is 6.42 Å². The normalized spacial score (nSPS) is 9.68. The third kappa shape index (κ3) is 4.45. The SMILES string of the molecule is O=C([O-])Cc1cccc(Oc2ccccc2Cl)c1[N+](=O)[O-].[Na+]. The molecular weight excluding hydrogens is 321 g/mol. The third-order valence-electron chi connectivity index (χ3n) is 2.66. The Hall–Kier alpha value is -1.60. The topological polar surface area (TPSA) is 92.5 Å². The fourth-order valence-corrected chi connectivity index (χ4v) is 1.98. The summed E-state index contributed by atoms with van der Waals surface area (Å²) < 4.78 is 5.44. The summed E-state index contributed by atoms with van der Waals surface area (Å²) in [6.07, 6.45) is -0.573. The molecule has 0 saturated carbocycles. The summed E-state index contributed by atoms with van der Waals surface area (Å²) in [6.45, 7) is 0.